The maximum absolute atomic E-state index is 11.9. The Labute approximate surface area is 105 Å². The second-order valence-electron chi connectivity index (χ2n) is 5.32. The van der Waals surface area contributed by atoms with Gasteiger partial charge in [0.1, 0.15) is 11.6 Å². The molecule has 0 saturated heterocycles. The average Bonchev–Trinajstić information content (AvgIpc) is 2.33. The fourth-order valence-corrected chi connectivity index (χ4v) is 2.58. The Kier molecular flexibility index (Phi) is 7.14. The normalized spacial score (nSPS) is 20.5. The molecule has 0 aliphatic heterocycles. The van der Waals surface area contributed by atoms with E-state index < -0.39 is 0 Å². The standard InChI is InChI=1S/C15H26O2/c1-2-3-4-5-6-7-11-15(17)13-9-8-10-14(16)12-13/h13H,2-12H2,1H3. The highest BCUT2D eigenvalue weighted by atomic mass is 16.1. The fourth-order valence-electron chi connectivity index (χ4n) is 2.58. The molecule has 0 aromatic carbocycles. The van der Waals surface area contributed by atoms with Gasteiger partial charge in [-0.2, -0.15) is 0 Å². The van der Waals surface area contributed by atoms with Crippen LogP contribution in [0.4, 0.5) is 0 Å². The van der Waals surface area contributed by atoms with Crippen LogP contribution in [0, 0.1) is 5.92 Å². The molecule has 17 heavy (non-hydrogen) atoms. The van der Waals surface area contributed by atoms with Gasteiger partial charge in [0, 0.05) is 25.2 Å². The zero-order valence-corrected chi connectivity index (χ0v) is 11.2. The predicted octanol–water partition coefficient (Wildman–Crippen LogP) is 4.07. The number of ketones is 2. The molecule has 1 unspecified atom stereocenters. The van der Waals surface area contributed by atoms with Crippen LogP contribution in [0.15, 0.2) is 0 Å². The van der Waals surface area contributed by atoms with E-state index in [2.05, 4.69) is 6.92 Å². The second-order valence-corrected chi connectivity index (χ2v) is 5.32. The molecule has 0 N–H and O–H groups in total. The van der Waals surface area contributed by atoms with Crippen molar-refractivity contribution in [3.8, 4) is 0 Å². The van der Waals surface area contributed by atoms with Crippen molar-refractivity contribution in [2.45, 2.75) is 77.6 Å². The number of rotatable bonds is 8. The van der Waals surface area contributed by atoms with E-state index in [1.807, 2.05) is 0 Å². The lowest BCUT2D eigenvalue weighted by Gasteiger charge is -2.19. The Morgan fingerprint density at radius 2 is 1.88 bits per heavy atom. The summed E-state index contributed by atoms with van der Waals surface area (Å²) < 4.78 is 0. The zero-order valence-electron chi connectivity index (χ0n) is 11.2. The van der Waals surface area contributed by atoms with Crippen LogP contribution in [0.2, 0.25) is 0 Å². The Morgan fingerprint density at radius 3 is 2.59 bits per heavy atom. The number of unbranched alkanes of at least 4 members (excludes halogenated alkanes) is 5. The molecule has 0 aromatic heterocycles. The number of carbonyl (C=O) groups excluding carboxylic acids is 2. The molecule has 98 valence electrons. The van der Waals surface area contributed by atoms with Gasteiger partial charge in [0.2, 0.25) is 0 Å². The molecule has 2 nitrogen and oxygen atoms in total. The van der Waals surface area contributed by atoms with Crippen molar-refractivity contribution in [1.82, 2.24) is 0 Å². The van der Waals surface area contributed by atoms with E-state index in [4.69, 9.17) is 0 Å². The van der Waals surface area contributed by atoms with Crippen molar-refractivity contribution < 1.29 is 9.59 Å². The first-order valence-electron chi connectivity index (χ1n) is 7.28. The first-order valence-corrected chi connectivity index (χ1v) is 7.28. The molecule has 0 amide bonds. The molecule has 0 bridgehead atoms. The topological polar surface area (TPSA) is 34.1 Å². The quantitative estimate of drug-likeness (QED) is 0.597. The number of hydrogen-bond donors (Lipinski definition) is 0. The molecular weight excluding hydrogens is 212 g/mol. The molecule has 0 aromatic rings. The van der Waals surface area contributed by atoms with Gasteiger partial charge in [-0.1, -0.05) is 39.0 Å². The third-order valence-corrected chi connectivity index (χ3v) is 3.71. The van der Waals surface area contributed by atoms with Crippen LogP contribution >= 0.6 is 0 Å². The number of Topliss-reactive ketones (excluding diaryl/α,β-unsaturated/α-hetero) is 2. The molecule has 1 fully saturated rings. The summed E-state index contributed by atoms with van der Waals surface area (Å²) in [6.07, 6.45) is 11.1. The lowest BCUT2D eigenvalue weighted by Crippen LogP contribution is -2.22. The summed E-state index contributed by atoms with van der Waals surface area (Å²) in [4.78, 5) is 23.2. The minimum atomic E-state index is 0.0619. The van der Waals surface area contributed by atoms with Gasteiger partial charge in [-0.15, -0.1) is 0 Å². The molecule has 1 aliphatic carbocycles. The summed E-state index contributed by atoms with van der Waals surface area (Å²) in [5.74, 6) is 0.693. The van der Waals surface area contributed by atoms with Crippen LogP contribution in [0.3, 0.4) is 0 Å². The van der Waals surface area contributed by atoms with E-state index in [0.717, 1.165) is 19.3 Å². The molecule has 0 heterocycles. The van der Waals surface area contributed by atoms with Crippen LogP contribution in [0.25, 0.3) is 0 Å². The van der Waals surface area contributed by atoms with E-state index in [-0.39, 0.29) is 11.7 Å². The van der Waals surface area contributed by atoms with Crippen LogP contribution in [-0.2, 0) is 9.59 Å². The maximum atomic E-state index is 11.9. The van der Waals surface area contributed by atoms with E-state index in [0.29, 0.717) is 25.0 Å². The van der Waals surface area contributed by atoms with E-state index in [9.17, 15) is 9.59 Å². The molecule has 0 spiro atoms. The zero-order chi connectivity index (χ0) is 12.5. The molecular formula is C15H26O2. The van der Waals surface area contributed by atoms with E-state index in [1.54, 1.807) is 0 Å². The predicted molar refractivity (Wildman–Crippen MR) is 70.0 cm³/mol. The highest BCUT2D eigenvalue weighted by Crippen LogP contribution is 2.24. The van der Waals surface area contributed by atoms with Crippen molar-refractivity contribution >= 4 is 11.6 Å². The maximum Gasteiger partial charge on any atom is 0.136 e. The van der Waals surface area contributed by atoms with Gasteiger partial charge >= 0.3 is 0 Å². The fraction of sp³-hybridized carbons (Fsp3) is 0.867. The van der Waals surface area contributed by atoms with Crippen LogP contribution in [0.5, 0.6) is 0 Å². The van der Waals surface area contributed by atoms with Gasteiger partial charge in [0.15, 0.2) is 0 Å². The van der Waals surface area contributed by atoms with Gasteiger partial charge in [0.05, 0.1) is 0 Å². The first-order chi connectivity index (χ1) is 8.24. The minimum absolute atomic E-state index is 0.0619. The molecule has 1 rings (SSSR count). The van der Waals surface area contributed by atoms with Crippen molar-refractivity contribution in [2.75, 3.05) is 0 Å². The highest BCUT2D eigenvalue weighted by molar-refractivity contribution is 5.88. The summed E-state index contributed by atoms with van der Waals surface area (Å²) in [5, 5.41) is 0. The molecule has 1 saturated carbocycles. The summed E-state index contributed by atoms with van der Waals surface area (Å²) >= 11 is 0. The lowest BCUT2D eigenvalue weighted by atomic mass is 9.84. The Morgan fingerprint density at radius 1 is 1.18 bits per heavy atom. The summed E-state index contributed by atoms with van der Waals surface area (Å²) in [6.45, 7) is 2.21. The Bertz CT molecular complexity index is 245. The second kappa shape index (κ2) is 8.43. The van der Waals surface area contributed by atoms with Crippen LogP contribution in [0.1, 0.15) is 77.6 Å². The molecule has 0 radical (unpaired) electrons. The Balaban J connectivity index is 2.06. The lowest BCUT2D eigenvalue weighted by molar-refractivity contribution is -0.130. The van der Waals surface area contributed by atoms with Crippen molar-refractivity contribution in [2.24, 2.45) is 5.92 Å². The first kappa shape index (κ1) is 14.4. The number of carbonyl (C=O) groups is 2. The van der Waals surface area contributed by atoms with Gasteiger partial charge < -0.3 is 0 Å². The van der Waals surface area contributed by atoms with Crippen molar-refractivity contribution in [3.05, 3.63) is 0 Å². The summed E-state index contributed by atoms with van der Waals surface area (Å²) in [6, 6.07) is 0. The average molecular weight is 238 g/mol. The monoisotopic (exact) mass is 238 g/mol. The molecule has 1 atom stereocenters. The van der Waals surface area contributed by atoms with E-state index in [1.165, 1.54) is 32.1 Å². The summed E-state index contributed by atoms with van der Waals surface area (Å²) in [5.41, 5.74) is 0. The van der Waals surface area contributed by atoms with E-state index >= 15 is 0 Å². The SMILES string of the molecule is CCCCCCCCC(=O)C1CCCC(=O)C1. The van der Waals surface area contributed by atoms with Gasteiger partial charge in [-0.25, -0.2) is 0 Å². The van der Waals surface area contributed by atoms with Gasteiger partial charge in [0.25, 0.3) is 0 Å². The molecule has 1 aliphatic rings. The summed E-state index contributed by atoms with van der Waals surface area (Å²) in [7, 11) is 0. The molecule has 2 heteroatoms. The smallest absolute Gasteiger partial charge is 0.136 e. The van der Waals surface area contributed by atoms with Crippen molar-refractivity contribution in [3.63, 3.8) is 0 Å². The largest absolute Gasteiger partial charge is 0.300 e. The van der Waals surface area contributed by atoms with Crippen molar-refractivity contribution in [1.29, 1.82) is 0 Å². The van der Waals surface area contributed by atoms with Gasteiger partial charge in [-0.3, -0.25) is 9.59 Å². The third-order valence-electron chi connectivity index (χ3n) is 3.71. The highest BCUT2D eigenvalue weighted by Gasteiger charge is 2.24. The Hall–Kier alpha value is -0.660. The van der Waals surface area contributed by atoms with Crippen LogP contribution < -0.4 is 0 Å². The van der Waals surface area contributed by atoms with Crippen LogP contribution in [-0.4, -0.2) is 11.6 Å². The minimum Gasteiger partial charge on any atom is -0.300 e. The third kappa shape index (κ3) is 5.99. The van der Waals surface area contributed by atoms with Gasteiger partial charge in [-0.05, 0) is 19.3 Å². The number of hydrogen-bond acceptors (Lipinski definition) is 2.